The molecule has 3 rings (SSSR count). The first-order valence-electron chi connectivity index (χ1n) is 9.86. The summed E-state index contributed by atoms with van der Waals surface area (Å²) in [7, 11) is 0. The fourth-order valence-electron chi connectivity index (χ4n) is 4.15. The van der Waals surface area contributed by atoms with Crippen LogP contribution < -0.4 is 10.2 Å². The number of nitrogens with one attached hydrogen (secondary N) is 1. The van der Waals surface area contributed by atoms with E-state index in [0.717, 1.165) is 38.4 Å². The number of carbonyl (C=O) groups excluding carboxylic acids is 1. The van der Waals surface area contributed by atoms with Crippen LogP contribution in [0.5, 0.6) is 0 Å². The molecule has 1 aromatic rings. The smallest absolute Gasteiger partial charge is 0.237 e. The molecule has 1 N–H and O–H groups in total. The van der Waals surface area contributed by atoms with Gasteiger partial charge in [-0.15, -0.1) is 0 Å². The van der Waals surface area contributed by atoms with Gasteiger partial charge in [-0.25, -0.2) is 4.98 Å². The molecule has 0 aromatic carbocycles. The number of amides is 1. The van der Waals surface area contributed by atoms with Gasteiger partial charge in [0, 0.05) is 38.4 Å². The van der Waals surface area contributed by atoms with Crippen molar-refractivity contribution in [3.05, 3.63) is 23.4 Å². The predicted octanol–water partition coefficient (Wildman–Crippen LogP) is 3.19. The van der Waals surface area contributed by atoms with Gasteiger partial charge in [0.05, 0.1) is 11.1 Å². The van der Waals surface area contributed by atoms with Gasteiger partial charge >= 0.3 is 0 Å². The fraction of sp³-hybridized carbons (Fsp3) is 0.700. The van der Waals surface area contributed by atoms with E-state index in [-0.39, 0.29) is 11.9 Å². The number of aromatic nitrogens is 1. The Bertz CT molecular complexity index is 600. The van der Waals surface area contributed by atoms with Crippen LogP contribution in [-0.4, -0.2) is 54.1 Å². The molecule has 0 bridgehead atoms. The van der Waals surface area contributed by atoms with E-state index in [0.29, 0.717) is 22.9 Å². The molecule has 5 nitrogen and oxygen atoms in total. The second-order valence-corrected chi connectivity index (χ2v) is 8.35. The number of pyridine rings is 1. The van der Waals surface area contributed by atoms with Gasteiger partial charge in [0.2, 0.25) is 5.91 Å². The average Bonchev–Trinajstić information content (AvgIpc) is 2.65. The van der Waals surface area contributed by atoms with Crippen molar-refractivity contribution in [3.63, 3.8) is 0 Å². The first kappa shape index (κ1) is 19.4. The third kappa shape index (κ3) is 4.49. The van der Waals surface area contributed by atoms with E-state index >= 15 is 0 Å². The molecule has 144 valence electrons. The molecule has 1 saturated heterocycles. The Balaban J connectivity index is 1.50. The van der Waals surface area contributed by atoms with Crippen molar-refractivity contribution >= 4 is 23.3 Å². The van der Waals surface area contributed by atoms with Crippen molar-refractivity contribution in [2.45, 2.75) is 52.1 Å². The quantitative estimate of drug-likeness (QED) is 0.874. The standard InChI is InChI=1S/C20H31ClN4O/c1-14-5-4-6-18(15(14)2)23-20(26)16(3)24-9-11-25(12-10-24)19-8-7-17(21)13-22-19/h7-8,13-16,18H,4-6,9-12H2,1-3H3,(H,23,26). The van der Waals surface area contributed by atoms with Crippen LogP contribution in [0.4, 0.5) is 5.82 Å². The second-order valence-electron chi connectivity index (χ2n) is 7.92. The van der Waals surface area contributed by atoms with E-state index in [1.54, 1.807) is 6.20 Å². The molecule has 26 heavy (non-hydrogen) atoms. The van der Waals surface area contributed by atoms with E-state index in [9.17, 15) is 4.79 Å². The molecular weight excluding hydrogens is 348 g/mol. The minimum atomic E-state index is -0.0836. The molecule has 2 aliphatic rings. The maximum Gasteiger partial charge on any atom is 0.237 e. The number of hydrogen-bond acceptors (Lipinski definition) is 4. The number of carbonyl (C=O) groups is 1. The lowest BCUT2D eigenvalue weighted by atomic mass is 9.78. The van der Waals surface area contributed by atoms with Crippen LogP contribution in [0.1, 0.15) is 40.0 Å². The molecule has 1 aliphatic heterocycles. The van der Waals surface area contributed by atoms with Crippen molar-refractivity contribution in [2.24, 2.45) is 11.8 Å². The highest BCUT2D eigenvalue weighted by Gasteiger charge is 2.31. The summed E-state index contributed by atoms with van der Waals surface area (Å²) in [4.78, 5) is 21.7. The van der Waals surface area contributed by atoms with Crippen LogP contribution >= 0.6 is 11.6 Å². The summed E-state index contributed by atoms with van der Waals surface area (Å²) in [6.45, 7) is 10.1. The lowest BCUT2D eigenvalue weighted by Crippen LogP contribution is -2.56. The summed E-state index contributed by atoms with van der Waals surface area (Å²) < 4.78 is 0. The van der Waals surface area contributed by atoms with Gasteiger partial charge < -0.3 is 10.2 Å². The van der Waals surface area contributed by atoms with E-state index < -0.39 is 0 Å². The van der Waals surface area contributed by atoms with Crippen molar-refractivity contribution in [1.82, 2.24) is 15.2 Å². The Morgan fingerprint density at radius 3 is 2.62 bits per heavy atom. The summed E-state index contributed by atoms with van der Waals surface area (Å²) >= 11 is 5.92. The predicted molar refractivity (Wildman–Crippen MR) is 107 cm³/mol. The summed E-state index contributed by atoms with van der Waals surface area (Å²) in [5.41, 5.74) is 0. The largest absolute Gasteiger partial charge is 0.354 e. The van der Waals surface area contributed by atoms with Gasteiger partial charge in [0.25, 0.3) is 0 Å². The number of halogens is 1. The normalized spacial score (nSPS) is 28.6. The highest BCUT2D eigenvalue weighted by atomic mass is 35.5. The number of piperazine rings is 1. The molecule has 2 heterocycles. The molecule has 1 amide bonds. The minimum Gasteiger partial charge on any atom is -0.354 e. The lowest BCUT2D eigenvalue weighted by Gasteiger charge is -2.39. The van der Waals surface area contributed by atoms with Crippen LogP contribution in [0, 0.1) is 11.8 Å². The highest BCUT2D eigenvalue weighted by molar-refractivity contribution is 6.30. The van der Waals surface area contributed by atoms with Gasteiger partial charge in [-0.1, -0.05) is 38.3 Å². The highest BCUT2D eigenvalue weighted by Crippen LogP contribution is 2.29. The Labute approximate surface area is 162 Å². The van der Waals surface area contributed by atoms with Gasteiger partial charge in [0.1, 0.15) is 5.82 Å². The summed E-state index contributed by atoms with van der Waals surface area (Å²) in [5.74, 6) is 2.39. The van der Waals surface area contributed by atoms with E-state index in [1.807, 2.05) is 19.1 Å². The van der Waals surface area contributed by atoms with Gasteiger partial charge in [-0.3, -0.25) is 9.69 Å². The molecule has 0 radical (unpaired) electrons. The molecule has 1 aromatic heterocycles. The second kappa shape index (κ2) is 8.57. The Kier molecular flexibility index (Phi) is 6.41. The molecular formula is C20H31ClN4O. The van der Waals surface area contributed by atoms with E-state index in [1.165, 1.54) is 12.8 Å². The Hall–Kier alpha value is -1.33. The van der Waals surface area contributed by atoms with Crippen LogP contribution in [0.3, 0.4) is 0 Å². The Morgan fingerprint density at radius 1 is 1.23 bits per heavy atom. The molecule has 2 fully saturated rings. The van der Waals surface area contributed by atoms with E-state index in [4.69, 9.17) is 11.6 Å². The van der Waals surface area contributed by atoms with Gasteiger partial charge in [-0.05, 0) is 37.3 Å². The van der Waals surface area contributed by atoms with E-state index in [2.05, 4.69) is 33.9 Å². The summed E-state index contributed by atoms with van der Waals surface area (Å²) in [6.07, 6.45) is 5.30. The zero-order valence-corrected chi connectivity index (χ0v) is 16.9. The fourth-order valence-corrected chi connectivity index (χ4v) is 4.26. The van der Waals surface area contributed by atoms with Gasteiger partial charge in [-0.2, -0.15) is 0 Å². The number of anilines is 1. The molecule has 4 atom stereocenters. The molecule has 1 saturated carbocycles. The molecule has 1 aliphatic carbocycles. The van der Waals surface area contributed by atoms with Crippen molar-refractivity contribution < 1.29 is 4.79 Å². The third-order valence-electron chi connectivity index (χ3n) is 6.31. The first-order chi connectivity index (χ1) is 12.5. The average molecular weight is 379 g/mol. The zero-order valence-electron chi connectivity index (χ0n) is 16.1. The maximum atomic E-state index is 12.8. The maximum absolute atomic E-state index is 12.8. The molecule has 6 heteroatoms. The first-order valence-corrected chi connectivity index (χ1v) is 10.2. The van der Waals surface area contributed by atoms with Crippen molar-refractivity contribution in [2.75, 3.05) is 31.1 Å². The topological polar surface area (TPSA) is 48.5 Å². The Morgan fingerprint density at radius 2 is 1.96 bits per heavy atom. The lowest BCUT2D eigenvalue weighted by molar-refractivity contribution is -0.127. The number of nitrogens with zero attached hydrogens (tertiary/aromatic N) is 3. The summed E-state index contributed by atoms with van der Waals surface area (Å²) in [6, 6.07) is 4.08. The van der Waals surface area contributed by atoms with Crippen LogP contribution in [0.15, 0.2) is 18.3 Å². The van der Waals surface area contributed by atoms with Crippen LogP contribution in [-0.2, 0) is 4.79 Å². The SMILES string of the molecule is CC1CCCC(NC(=O)C(C)N2CCN(c3ccc(Cl)cn3)CC2)C1C. The minimum absolute atomic E-state index is 0.0836. The number of rotatable bonds is 4. The molecule has 4 unspecified atom stereocenters. The monoisotopic (exact) mass is 378 g/mol. The number of hydrogen-bond donors (Lipinski definition) is 1. The van der Waals surface area contributed by atoms with Crippen LogP contribution in [0.2, 0.25) is 5.02 Å². The van der Waals surface area contributed by atoms with Crippen molar-refractivity contribution in [3.8, 4) is 0 Å². The van der Waals surface area contributed by atoms with Gasteiger partial charge in [0.15, 0.2) is 0 Å². The third-order valence-corrected chi connectivity index (χ3v) is 6.54. The van der Waals surface area contributed by atoms with Crippen LogP contribution in [0.25, 0.3) is 0 Å². The zero-order chi connectivity index (χ0) is 18.7. The molecule has 0 spiro atoms. The summed E-state index contributed by atoms with van der Waals surface area (Å²) in [5, 5.41) is 3.98. The van der Waals surface area contributed by atoms with Crippen molar-refractivity contribution in [1.29, 1.82) is 0 Å².